The van der Waals surface area contributed by atoms with Crippen molar-refractivity contribution in [3.8, 4) is 0 Å². The van der Waals surface area contributed by atoms with Gasteiger partial charge in [-0.05, 0) is 31.5 Å². The van der Waals surface area contributed by atoms with Crippen LogP contribution in [-0.4, -0.2) is 12.6 Å². The Balaban J connectivity index is 3.06. The number of esters is 1. The summed E-state index contributed by atoms with van der Waals surface area (Å²) in [6.45, 7) is 3.60. The summed E-state index contributed by atoms with van der Waals surface area (Å²) in [6, 6.07) is 2.82. The van der Waals surface area contributed by atoms with Crippen LogP contribution in [0.2, 0.25) is 0 Å². The van der Waals surface area contributed by atoms with Gasteiger partial charge in [-0.1, -0.05) is 0 Å². The predicted octanol–water partition coefficient (Wildman–Crippen LogP) is 2.60. The van der Waals surface area contributed by atoms with E-state index in [-0.39, 0.29) is 4.90 Å². The van der Waals surface area contributed by atoms with Crippen molar-refractivity contribution in [3.63, 3.8) is 0 Å². The van der Waals surface area contributed by atoms with E-state index in [2.05, 4.69) is 12.6 Å². The highest BCUT2D eigenvalue weighted by atomic mass is 32.1. The van der Waals surface area contributed by atoms with E-state index in [4.69, 9.17) is 4.74 Å². The van der Waals surface area contributed by atoms with E-state index < -0.39 is 11.8 Å². The number of hydrogen-bond acceptors (Lipinski definition) is 3. The first kappa shape index (κ1) is 11.0. The molecular formula is C10H11FO2S. The number of halogens is 1. The average Bonchev–Trinajstić information content (AvgIpc) is 2.13. The van der Waals surface area contributed by atoms with Crippen LogP contribution in [0.4, 0.5) is 4.39 Å². The first-order valence-electron chi connectivity index (χ1n) is 4.22. The Morgan fingerprint density at radius 1 is 1.57 bits per heavy atom. The second-order valence-corrected chi connectivity index (χ2v) is 3.33. The molecule has 4 heteroatoms. The van der Waals surface area contributed by atoms with Crippen LogP contribution in [0.3, 0.4) is 0 Å². The summed E-state index contributed by atoms with van der Waals surface area (Å²) in [5, 5.41) is 0. The van der Waals surface area contributed by atoms with Crippen molar-refractivity contribution in [2.24, 2.45) is 0 Å². The topological polar surface area (TPSA) is 26.3 Å². The molecule has 0 fully saturated rings. The van der Waals surface area contributed by atoms with Gasteiger partial charge < -0.3 is 4.74 Å². The molecule has 1 rings (SSSR count). The van der Waals surface area contributed by atoms with Gasteiger partial charge in [0.2, 0.25) is 0 Å². The minimum absolute atomic E-state index is 0.160. The van der Waals surface area contributed by atoms with Gasteiger partial charge in [0.1, 0.15) is 5.82 Å². The monoisotopic (exact) mass is 214 g/mol. The molecule has 0 aliphatic heterocycles. The van der Waals surface area contributed by atoms with E-state index in [0.29, 0.717) is 17.7 Å². The van der Waals surface area contributed by atoms with E-state index in [1.807, 2.05) is 0 Å². The molecule has 0 bridgehead atoms. The number of hydrogen-bond donors (Lipinski definition) is 1. The van der Waals surface area contributed by atoms with Crippen molar-refractivity contribution in [2.75, 3.05) is 6.61 Å². The van der Waals surface area contributed by atoms with Gasteiger partial charge in [-0.15, -0.1) is 12.6 Å². The Kier molecular flexibility index (Phi) is 3.52. The van der Waals surface area contributed by atoms with Crippen LogP contribution in [0.15, 0.2) is 17.0 Å². The Morgan fingerprint density at radius 3 is 2.71 bits per heavy atom. The van der Waals surface area contributed by atoms with Crippen LogP contribution >= 0.6 is 12.6 Å². The SMILES string of the molecule is CCOC(=O)c1cc(C)c(F)c(S)c1. The van der Waals surface area contributed by atoms with E-state index >= 15 is 0 Å². The molecule has 0 spiro atoms. The van der Waals surface area contributed by atoms with Gasteiger partial charge in [0.05, 0.1) is 12.2 Å². The lowest BCUT2D eigenvalue weighted by Crippen LogP contribution is -2.05. The van der Waals surface area contributed by atoms with Gasteiger partial charge in [0.25, 0.3) is 0 Å². The van der Waals surface area contributed by atoms with Crippen LogP contribution < -0.4 is 0 Å². The van der Waals surface area contributed by atoms with E-state index in [1.54, 1.807) is 13.8 Å². The van der Waals surface area contributed by atoms with E-state index in [9.17, 15) is 9.18 Å². The number of ether oxygens (including phenoxy) is 1. The molecule has 0 saturated heterocycles. The van der Waals surface area contributed by atoms with E-state index in [0.717, 1.165) is 0 Å². The smallest absolute Gasteiger partial charge is 0.338 e. The molecule has 2 nitrogen and oxygen atoms in total. The number of rotatable bonds is 2. The van der Waals surface area contributed by atoms with E-state index in [1.165, 1.54) is 12.1 Å². The third kappa shape index (κ3) is 2.26. The van der Waals surface area contributed by atoms with Crippen molar-refractivity contribution in [2.45, 2.75) is 18.7 Å². The standard InChI is InChI=1S/C10H11FO2S/c1-3-13-10(12)7-4-6(2)9(11)8(14)5-7/h4-5,14H,3H2,1-2H3. The first-order chi connectivity index (χ1) is 6.56. The molecule has 0 atom stereocenters. The number of carbonyl (C=O) groups excluding carboxylic acids is 1. The minimum atomic E-state index is -0.453. The maximum atomic E-state index is 13.1. The molecule has 0 N–H and O–H groups in total. The van der Waals surface area contributed by atoms with Gasteiger partial charge >= 0.3 is 5.97 Å². The molecule has 0 saturated carbocycles. The van der Waals surface area contributed by atoms with Crippen molar-refractivity contribution in [3.05, 3.63) is 29.1 Å². The fraction of sp³-hybridized carbons (Fsp3) is 0.300. The summed E-state index contributed by atoms with van der Waals surface area (Å²) in [4.78, 5) is 11.4. The van der Waals surface area contributed by atoms with Crippen LogP contribution in [0.5, 0.6) is 0 Å². The quantitative estimate of drug-likeness (QED) is 0.605. The molecule has 0 aromatic heterocycles. The number of aryl methyl sites for hydroxylation is 1. The third-order valence-electron chi connectivity index (χ3n) is 1.75. The fourth-order valence-corrected chi connectivity index (χ4v) is 1.40. The van der Waals surface area contributed by atoms with Gasteiger partial charge in [-0.3, -0.25) is 0 Å². The third-order valence-corrected chi connectivity index (χ3v) is 2.07. The largest absolute Gasteiger partial charge is 0.462 e. The highest BCUT2D eigenvalue weighted by molar-refractivity contribution is 7.80. The summed E-state index contributed by atoms with van der Waals surface area (Å²) in [5.41, 5.74) is 0.719. The Hall–Kier alpha value is -1.03. The van der Waals surface area contributed by atoms with Crippen LogP contribution in [0.1, 0.15) is 22.8 Å². The van der Waals surface area contributed by atoms with Gasteiger partial charge in [-0.2, -0.15) is 0 Å². The molecule has 1 aromatic carbocycles. The van der Waals surface area contributed by atoms with Crippen molar-refractivity contribution >= 4 is 18.6 Å². The predicted molar refractivity (Wildman–Crippen MR) is 54.3 cm³/mol. The molecule has 14 heavy (non-hydrogen) atoms. The molecule has 0 amide bonds. The maximum absolute atomic E-state index is 13.1. The zero-order valence-corrected chi connectivity index (χ0v) is 8.90. The lowest BCUT2D eigenvalue weighted by molar-refractivity contribution is 0.0526. The van der Waals surface area contributed by atoms with Crippen molar-refractivity contribution in [1.29, 1.82) is 0 Å². The highest BCUT2D eigenvalue weighted by Gasteiger charge is 2.11. The number of benzene rings is 1. The van der Waals surface area contributed by atoms with Crippen LogP contribution in [-0.2, 0) is 4.74 Å². The summed E-state index contributed by atoms with van der Waals surface area (Å²) in [6.07, 6.45) is 0. The Morgan fingerprint density at radius 2 is 2.21 bits per heavy atom. The van der Waals surface area contributed by atoms with Crippen molar-refractivity contribution in [1.82, 2.24) is 0 Å². The normalized spacial score (nSPS) is 10.0. The molecule has 0 aliphatic carbocycles. The highest BCUT2D eigenvalue weighted by Crippen LogP contribution is 2.19. The lowest BCUT2D eigenvalue weighted by Gasteiger charge is -2.05. The zero-order chi connectivity index (χ0) is 10.7. The molecule has 0 radical (unpaired) electrons. The summed E-state index contributed by atoms with van der Waals surface area (Å²) in [5.74, 6) is -0.854. The van der Waals surface area contributed by atoms with Crippen LogP contribution in [0.25, 0.3) is 0 Å². The minimum Gasteiger partial charge on any atom is -0.462 e. The second kappa shape index (κ2) is 4.46. The number of carbonyl (C=O) groups is 1. The summed E-state index contributed by atoms with van der Waals surface area (Å²) in [7, 11) is 0. The molecule has 0 heterocycles. The Labute approximate surface area is 87.5 Å². The molecule has 1 aromatic rings. The lowest BCUT2D eigenvalue weighted by atomic mass is 10.1. The van der Waals surface area contributed by atoms with Crippen molar-refractivity contribution < 1.29 is 13.9 Å². The average molecular weight is 214 g/mol. The second-order valence-electron chi connectivity index (χ2n) is 2.85. The molecule has 0 unspecified atom stereocenters. The summed E-state index contributed by atoms with van der Waals surface area (Å²) < 4.78 is 17.9. The molecular weight excluding hydrogens is 203 g/mol. The molecule has 0 aliphatic rings. The zero-order valence-electron chi connectivity index (χ0n) is 8.00. The maximum Gasteiger partial charge on any atom is 0.338 e. The van der Waals surface area contributed by atoms with Gasteiger partial charge in [0.15, 0.2) is 0 Å². The van der Waals surface area contributed by atoms with Gasteiger partial charge in [-0.25, -0.2) is 9.18 Å². The molecule has 76 valence electrons. The fourth-order valence-electron chi connectivity index (χ4n) is 1.08. The Bertz CT molecular complexity index is 340. The van der Waals surface area contributed by atoms with Crippen LogP contribution in [0, 0.1) is 12.7 Å². The first-order valence-corrected chi connectivity index (χ1v) is 4.67. The summed E-state index contributed by atoms with van der Waals surface area (Å²) >= 11 is 3.92. The van der Waals surface area contributed by atoms with Gasteiger partial charge in [0, 0.05) is 4.90 Å². The number of thiol groups is 1.